The zero-order valence-electron chi connectivity index (χ0n) is 11.1. The Morgan fingerprint density at radius 1 is 1.15 bits per heavy atom. The lowest BCUT2D eigenvalue weighted by molar-refractivity contribution is 0.405. The zero-order valence-corrected chi connectivity index (χ0v) is 14.2. The van der Waals surface area contributed by atoms with Crippen LogP contribution in [0.5, 0.6) is 5.75 Å². The molecule has 2 rings (SSSR count). The molecular formula is C15H14BrCl2NO. The zero-order chi connectivity index (χ0) is 14.7. The molecule has 2 aromatic carbocycles. The van der Waals surface area contributed by atoms with Crippen molar-refractivity contribution in [1.82, 2.24) is 5.32 Å². The first-order chi connectivity index (χ1) is 9.56. The molecule has 0 radical (unpaired) electrons. The molecule has 2 nitrogen and oxygen atoms in total. The summed E-state index contributed by atoms with van der Waals surface area (Å²) in [6.07, 6.45) is 0. The molecule has 0 saturated carbocycles. The molecule has 0 aliphatic rings. The van der Waals surface area contributed by atoms with Crippen molar-refractivity contribution >= 4 is 39.1 Å². The van der Waals surface area contributed by atoms with Gasteiger partial charge >= 0.3 is 0 Å². The van der Waals surface area contributed by atoms with Gasteiger partial charge in [0.2, 0.25) is 0 Å². The van der Waals surface area contributed by atoms with Gasteiger partial charge in [-0.15, -0.1) is 0 Å². The average Bonchev–Trinajstić information content (AvgIpc) is 2.44. The fourth-order valence-electron chi connectivity index (χ4n) is 2.12. The summed E-state index contributed by atoms with van der Waals surface area (Å²) < 4.78 is 6.28. The molecule has 0 amide bonds. The quantitative estimate of drug-likeness (QED) is 0.806. The van der Waals surface area contributed by atoms with Crippen LogP contribution < -0.4 is 10.1 Å². The van der Waals surface area contributed by atoms with Crippen LogP contribution in [-0.2, 0) is 0 Å². The van der Waals surface area contributed by atoms with Gasteiger partial charge in [0.25, 0.3) is 0 Å². The van der Waals surface area contributed by atoms with Crippen LogP contribution in [0.1, 0.15) is 17.2 Å². The van der Waals surface area contributed by atoms with Crippen molar-refractivity contribution in [2.24, 2.45) is 0 Å². The van der Waals surface area contributed by atoms with E-state index in [0.717, 1.165) is 21.3 Å². The highest BCUT2D eigenvalue weighted by Gasteiger charge is 2.18. The highest BCUT2D eigenvalue weighted by Crippen LogP contribution is 2.34. The smallest absolute Gasteiger partial charge is 0.124 e. The van der Waals surface area contributed by atoms with Crippen LogP contribution in [0.2, 0.25) is 10.0 Å². The Kier molecular flexibility index (Phi) is 5.33. The fourth-order valence-corrected chi connectivity index (χ4v) is 2.82. The van der Waals surface area contributed by atoms with Crippen molar-refractivity contribution in [2.75, 3.05) is 14.2 Å². The van der Waals surface area contributed by atoms with Gasteiger partial charge in [0, 0.05) is 15.1 Å². The number of methoxy groups -OCH3 is 1. The maximum Gasteiger partial charge on any atom is 0.124 e. The number of ether oxygens (including phenoxy) is 1. The van der Waals surface area contributed by atoms with Gasteiger partial charge in [-0.2, -0.15) is 0 Å². The van der Waals surface area contributed by atoms with Crippen LogP contribution in [0.15, 0.2) is 40.9 Å². The lowest BCUT2D eigenvalue weighted by Gasteiger charge is -2.20. The van der Waals surface area contributed by atoms with E-state index in [1.165, 1.54) is 0 Å². The van der Waals surface area contributed by atoms with Crippen molar-refractivity contribution in [3.05, 3.63) is 62.0 Å². The molecular weight excluding hydrogens is 361 g/mol. The maximum absolute atomic E-state index is 6.11. The van der Waals surface area contributed by atoms with Gasteiger partial charge < -0.3 is 10.1 Å². The van der Waals surface area contributed by atoms with Crippen LogP contribution in [0.25, 0.3) is 0 Å². The van der Waals surface area contributed by atoms with Gasteiger partial charge in [0.15, 0.2) is 0 Å². The molecule has 2 aromatic rings. The standard InChI is InChI=1S/C15H14BrCl2NO/c1-19-15(9-3-5-13(18)12(16)7-9)11-8-10(17)4-6-14(11)20-2/h3-8,15,19H,1-2H3. The normalized spacial score (nSPS) is 12.2. The van der Waals surface area contributed by atoms with E-state index in [0.29, 0.717) is 10.0 Å². The molecule has 0 aliphatic carbocycles. The highest BCUT2D eigenvalue weighted by molar-refractivity contribution is 9.10. The van der Waals surface area contributed by atoms with Crippen LogP contribution in [-0.4, -0.2) is 14.2 Å². The van der Waals surface area contributed by atoms with E-state index in [9.17, 15) is 0 Å². The molecule has 0 spiro atoms. The molecule has 0 heterocycles. The number of rotatable bonds is 4. The fraction of sp³-hybridized carbons (Fsp3) is 0.200. The SMILES string of the molecule is CNC(c1ccc(Cl)c(Br)c1)c1cc(Cl)ccc1OC. The second kappa shape index (κ2) is 6.81. The number of hydrogen-bond donors (Lipinski definition) is 1. The van der Waals surface area contributed by atoms with E-state index in [2.05, 4.69) is 21.2 Å². The molecule has 0 bridgehead atoms. The number of hydrogen-bond acceptors (Lipinski definition) is 2. The second-order valence-electron chi connectivity index (χ2n) is 4.28. The first-order valence-corrected chi connectivity index (χ1v) is 7.57. The Labute approximate surface area is 137 Å². The van der Waals surface area contributed by atoms with Crippen LogP contribution >= 0.6 is 39.1 Å². The predicted octanol–water partition coefficient (Wildman–Crippen LogP) is 5.07. The minimum absolute atomic E-state index is 0.0304. The third kappa shape index (κ3) is 3.29. The number of nitrogens with one attached hydrogen (secondary N) is 1. The molecule has 0 aliphatic heterocycles. The Hall–Kier alpha value is -0.740. The van der Waals surface area contributed by atoms with E-state index >= 15 is 0 Å². The molecule has 1 N–H and O–H groups in total. The topological polar surface area (TPSA) is 21.3 Å². The first-order valence-electron chi connectivity index (χ1n) is 6.02. The van der Waals surface area contributed by atoms with Crippen LogP contribution in [0, 0.1) is 0 Å². The van der Waals surface area contributed by atoms with E-state index in [4.69, 9.17) is 27.9 Å². The van der Waals surface area contributed by atoms with E-state index in [1.807, 2.05) is 43.4 Å². The third-order valence-electron chi connectivity index (χ3n) is 3.07. The average molecular weight is 375 g/mol. The van der Waals surface area contributed by atoms with Gasteiger partial charge in [-0.25, -0.2) is 0 Å². The third-order valence-corrected chi connectivity index (χ3v) is 4.52. The molecule has 5 heteroatoms. The summed E-state index contributed by atoms with van der Waals surface area (Å²) >= 11 is 15.6. The monoisotopic (exact) mass is 373 g/mol. The summed E-state index contributed by atoms with van der Waals surface area (Å²) in [4.78, 5) is 0. The summed E-state index contributed by atoms with van der Waals surface area (Å²) in [5.74, 6) is 0.792. The Morgan fingerprint density at radius 2 is 1.90 bits per heavy atom. The predicted molar refractivity (Wildman–Crippen MR) is 88.1 cm³/mol. The Bertz CT molecular complexity index is 619. The molecule has 0 saturated heterocycles. The van der Waals surface area contributed by atoms with E-state index in [-0.39, 0.29) is 6.04 Å². The molecule has 20 heavy (non-hydrogen) atoms. The van der Waals surface area contributed by atoms with Gasteiger partial charge in [-0.3, -0.25) is 0 Å². The van der Waals surface area contributed by atoms with Crippen molar-refractivity contribution in [3.8, 4) is 5.75 Å². The van der Waals surface area contributed by atoms with Gasteiger partial charge in [-0.05, 0) is 58.9 Å². The molecule has 1 unspecified atom stereocenters. The van der Waals surface area contributed by atoms with Crippen LogP contribution in [0.3, 0.4) is 0 Å². The summed E-state index contributed by atoms with van der Waals surface area (Å²) in [5.41, 5.74) is 2.06. The number of benzene rings is 2. The van der Waals surface area contributed by atoms with Crippen molar-refractivity contribution in [2.45, 2.75) is 6.04 Å². The second-order valence-corrected chi connectivity index (χ2v) is 5.98. The van der Waals surface area contributed by atoms with Crippen LogP contribution in [0.4, 0.5) is 0 Å². The molecule has 0 fully saturated rings. The van der Waals surface area contributed by atoms with Crippen molar-refractivity contribution < 1.29 is 4.74 Å². The van der Waals surface area contributed by atoms with Gasteiger partial charge in [-0.1, -0.05) is 29.3 Å². The Morgan fingerprint density at radius 3 is 2.50 bits per heavy atom. The largest absolute Gasteiger partial charge is 0.496 e. The lowest BCUT2D eigenvalue weighted by Crippen LogP contribution is -2.18. The lowest BCUT2D eigenvalue weighted by atomic mass is 9.98. The summed E-state index contributed by atoms with van der Waals surface area (Å²) in [6, 6.07) is 11.4. The highest BCUT2D eigenvalue weighted by atomic mass is 79.9. The molecule has 106 valence electrons. The minimum atomic E-state index is -0.0304. The van der Waals surface area contributed by atoms with Gasteiger partial charge in [0.05, 0.1) is 18.2 Å². The van der Waals surface area contributed by atoms with Crippen molar-refractivity contribution in [3.63, 3.8) is 0 Å². The van der Waals surface area contributed by atoms with Crippen molar-refractivity contribution in [1.29, 1.82) is 0 Å². The van der Waals surface area contributed by atoms with E-state index < -0.39 is 0 Å². The minimum Gasteiger partial charge on any atom is -0.496 e. The Balaban J connectivity index is 2.51. The summed E-state index contributed by atoms with van der Waals surface area (Å²) in [6.45, 7) is 0. The van der Waals surface area contributed by atoms with Gasteiger partial charge in [0.1, 0.15) is 5.75 Å². The molecule has 0 aromatic heterocycles. The van der Waals surface area contributed by atoms with E-state index in [1.54, 1.807) is 7.11 Å². The maximum atomic E-state index is 6.11. The first kappa shape index (κ1) is 15.6. The molecule has 1 atom stereocenters. The summed E-state index contributed by atoms with van der Waals surface area (Å²) in [5, 5.41) is 4.64. The number of halogens is 3. The summed E-state index contributed by atoms with van der Waals surface area (Å²) in [7, 11) is 3.55.